The van der Waals surface area contributed by atoms with Gasteiger partial charge >= 0.3 is 0 Å². The lowest BCUT2D eigenvalue weighted by Crippen LogP contribution is -2.24. The van der Waals surface area contributed by atoms with Gasteiger partial charge in [0.05, 0.1) is 6.54 Å². The molecule has 6 nitrogen and oxygen atoms in total. The highest BCUT2D eigenvalue weighted by molar-refractivity contribution is 7.09. The maximum absolute atomic E-state index is 4.57. The van der Waals surface area contributed by atoms with Crippen molar-refractivity contribution < 1.29 is 0 Å². The van der Waals surface area contributed by atoms with Crippen LogP contribution in [0.3, 0.4) is 0 Å². The van der Waals surface area contributed by atoms with Gasteiger partial charge in [-0.1, -0.05) is 18.2 Å². The Balaban J connectivity index is 1.61. The summed E-state index contributed by atoms with van der Waals surface area (Å²) < 4.78 is 6.28. The molecule has 0 radical (unpaired) electrons. The molecule has 0 atom stereocenters. The summed E-state index contributed by atoms with van der Waals surface area (Å²) in [7, 11) is 1.97. The molecular weight excluding hydrogens is 320 g/mol. The van der Waals surface area contributed by atoms with Gasteiger partial charge in [0.25, 0.3) is 0 Å². The number of aromatic nitrogens is 5. The highest BCUT2D eigenvalue weighted by Crippen LogP contribution is 2.26. The van der Waals surface area contributed by atoms with Gasteiger partial charge in [0.2, 0.25) is 5.13 Å². The third-order valence-electron chi connectivity index (χ3n) is 4.46. The number of fused-ring (bicyclic) bond motifs is 1. The second kappa shape index (κ2) is 6.32. The Hall–Kier alpha value is -2.28. The number of aryl methyl sites for hydroxylation is 4. The molecule has 1 aliphatic rings. The van der Waals surface area contributed by atoms with Crippen molar-refractivity contribution in [3.05, 3.63) is 52.9 Å². The fourth-order valence-electron chi connectivity index (χ4n) is 3.17. The number of anilines is 1. The first-order chi connectivity index (χ1) is 11.7. The zero-order valence-electron chi connectivity index (χ0n) is 13.9. The summed E-state index contributed by atoms with van der Waals surface area (Å²) in [6.45, 7) is 3.40. The van der Waals surface area contributed by atoms with E-state index in [1.54, 1.807) is 6.33 Å². The number of rotatable bonds is 5. The molecule has 0 bridgehead atoms. The summed E-state index contributed by atoms with van der Waals surface area (Å²) in [5.74, 6) is 1.73. The van der Waals surface area contributed by atoms with Gasteiger partial charge in [0.15, 0.2) is 5.82 Å². The van der Waals surface area contributed by atoms with Crippen LogP contribution in [0.15, 0.2) is 24.5 Å². The first kappa shape index (κ1) is 15.3. The van der Waals surface area contributed by atoms with Crippen molar-refractivity contribution in [3.63, 3.8) is 0 Å². The summed E-state index contributed by atoms with van der Waals surface area (Å²) in [6.07, 6.45) is 5.42. The van der Waals surface area contributed by atoms with Crippen LogP contribution in [0.2, 0.25) is 0 Å². The van der Waals surface area contributed by atoms with Crippen molar-refractivity contribution >= 4 is 16.7 Å². The second-order valence-corrected chi connectivity index (χ2v) is 7.03. The molecular formula is C17H20N6S. The van der Waals surface area contributed by atoms with Crippen LogP contribution in [0.25, 0.3) is 0 Å². The Morgan fingerprint density at radius 1 is 1.21 bits per heavy atom. The Morgan fingerprint density at radius 3 is 2.83 bits per heavy atom. The second-order valence-electron chi connectivity index (χ2n) is 6.29. The molecule has 24 heavy (non-hydrogen) atoms. The normalized spacial score (nSPS) is 13.2. The van der Waals surface area contributed by atoms with Gasteiger partial charge in [-0.2, -0.15) is 4.37 Å². The van der Waals surface area contributed by atoms with Gasteiger partial charge < -0.3 is 9.47 Å². The molecule has 124 valence electrons. The van der Waals surface area contributed by atoms with Crippen molar-refractivity contribution in [2.75, 3.05) is 4.90 Å². The van der Waals surface area contributed by atoms with Crippen LogP contribution in [-0.4, -0.2) is 24.1 Å². The molecule has 4 rings (SSSR count). The third-order valence-corrected chi connectivity index (χ3v) is 5.33. The molecule has 0 N–H and O–H groups in total. The highest BCUT2D eigenvalue weighted by Gasteiger charge is 2.17. The molecule has 7 heteroatoms. The summed E-state index contributed by atoms with van der Waals surface area (Å²) in [5.41, 5.74) is 4.32. The minimum atomic E-state index is 0.669. The van der Waals surface area contributed by atoms with E-state index in [1.807, 2.05) is 18.5 Å². The smallest absolute Gasteiger partial charge is 0.205 e. The zero-order valence-corrected chi connectivity index (χ0v) is 14.8. The summed E-state index contributed by atoms with van der Waals surface area (Å²) in [4.78, 5) is 6.79. The Labute approximate surface area is 145 Å². The molecule has 0 unspecified atom stereocenters. The van der Waals surface area contributed by atoms with Crippen LogP contribution in [0.4, 0.5) is 5.13 Å². The minimum absolute atomic E-state index is 0.669. The van der Waals surface area contributed by atoms with Crippen LogP contribution in [0.1, 0.15) is 34.8 Å². The molecule has 0 spiro atoms. The maximum atomic E-state index is 4.57. The van der Waals surface area contributed by atoms with Gasteiger partial charge in [-0.25, -0.2) is 4.98 Å². The lowest BCUT2D eigenvalue weighted by Gasteiger charge is -2.21. The quantitative estimate of drug-likeness (QED) is 0.715. The Bertz CT molecular complexity index is 852. The molecule has 1 aliphatic carbocycles. The van der Waals surface area contributed by atoms with Crippen LogP contribution in [-0.2, 0) is 33.0 Å². The molecule has 0 amide bonds. The topological polar surface area (TPSA) is 59.7 Å². The van der Waals surface area contributed by atoms with Crippen LogP contribution < -0.4 is 4.90 Å². The fraction of sp³-hybridized carbons (Fsp3) is 0.412. The van der Waals surface area contributed by atoms with Gasteiger partial charge in [0.1, 0.15) is 12.2 Å². The van der Waals surface area contributed by atoms with Crippen molar-refractivity contribution in [2.24, 2.45) is 7.05 Å². The lowest BCUT2D eigenvalue weighted by atomic mass is 10.1. The van der Waals surface area contributed by atoms with Crippen molar-refractivity contribution in [1.82, 2.24) is 24.1 Å². The van der Waals surface area contributed by atoms with Crippen molar-refractivity contribution in [1.29, 1.82) is 0 Å². The first-order valence-electron chi connectivity index (χ1n) is 8.18. The predicted octanol–water partition coefficient (Wildman–Crippen LogP) is 2.67. The van der Waals surface area contributed by atoms with Gasteiger partial charge in [-0.05, 0) is 42.9 Å². The number of benzene rings is 1. The number of nitrogens with zero attached hydrogens (tertiary/aromatic N) is 6. The van der Waals surface area contributed by atoms with Gasteiger partial charge in [0, 0.05) is 25.1 Å². The van der Waals surface area contributed by atoms with Crippen LogP contribution in [0.5, 0.6) is 0 Å². The van der Waals surface area contributed by atoms with E-state index in [4.69, 9.17) is 0 Å². The molecule has 2 aromatic heterocycles. The summed E-state index contributed by atoms with van der Waals surface area (Å²) >= 11 is 1.44. The SMILES string of the molecule is Cc1nsc(N(Cc2ccc3c(c2)CCC3)Cc2nncn2C)n1. The van der Waals surface area contributed by atoms with Crippen molar-refractivity contribution in [3.8, 4) is 0 Å². The summed E-state index contributed by atoms with van der Waals surface area (Å²) in [5, 5.41) is 9.12. The first-order valence-corrected chi connectivity index (χ1v) is 8.95. The standard InChI is InChI=1S/C17H20N6S/c1-12-19-17(24-21-12)23(10-16-20-18-11-22(16)2)9-13-6-7-14-4-3-5-15(14)8-13/h6-8,11H,3-5,9-10H2,1-2H3. The molecule has 2 heterocycles. The molecule has 0 saturated heterocycles. The Morgan fingerprint density at radius 2 is 2.08 bits per heavy atom. The third kappa shape index (κ3) is 3.03. The van der Waals surface area contributed by atoms with Crippen LogP contribution >= 0.6 is 11.5 Å². The average Bonchev–Trinajstić information content (AvgIpc) is 3.28. The zero-order chi connectivity index (χ0) is 16.5. The van der Waals surface area contributed by atoms with E-state index in [0.717, 1.165) is 23.3 Å². The fourth-order valence-corrected chi connectivity index (χ4v) is 3.84. The van der Waals surface area contributed by atoms with E-state index >= 15 is 0 Å². The number of hydrogen-bond donors (Lipinski definition) is 0. The average molecular weight is 340 g/mol. The van der Waals surface area contributed by atoms with E-state index in [9.17, 15) is 0 Å². The predicted molar refractivity (Wildman–Crippen MR) is 94.0 cm³/mol. The lowest BCUT2D eigenvalue weighted by molar-refractivity contribution is 0.710. The van der Waals surface area contributed by atoms with E-state index in [-0.39, 0.29) is 0 Å². The van der Waals surface area contributed by atoms with Gasteiger partial charge in [-0.15, -0.1) is 10.2 Å². The van der Waals surface area contributed by atoms with E-state index < -0.39 is 0 Å². The molecule has 1 aromatic carbocycles. The van der Waals surface area contributed by atoms with E-state index in [2.05, 4.69) is 42.7 Å². The Kier molecular flexibility index (Phi) is 4.02. The molecule has 0 fully saturated rings. The van der Waals surface area contributed by atoms with E-state index in [0.29, 0.717) is 6.54 Å². The summed E-state index contributed by atoms with van der Waals surface area (Å²) in [6, 6.07) is 6.87. The minimum Gasteiger partial charge on any atom is -0.335 e. The molecule has 3 aromatic rings. The van der Waals surface area contributed by atoms with Crippen molar-refractivity contribution in [2.45, 2.75) is 39.3 Å². The van der Waals surface area contributed by atoms with Crippen LogP contribution in [0, 0.1) is 6.92 Å². The number of hydrogen-bond acceptors (Lipinski definition) is 6. The highest BCUT2D eigenvalue weighted by atomic mass is 32.1. The monoisotopic (exact) mass is 340 g/mol. The molecule has 0 aliphatic heterocycles. The maximum Gasteiger partial charge on any atom is 0.205 e. The van der Waals surface area contributed by atoms with Gasteiger partial charge in [-0.3, -0.25) is 0 Å². The largest absolute Gasteiger partial charge is 0.335 e. The molecule has 0 saturated carbocycles. The van der Waals surface area contributed by atoms with E-state index in [1.165, 1.54) is 47.5 Å².